The van der Waals surface area contributed by atoms with Crippen molar-refractivity contribution < 1.29 is 14.4 Å². The standard InChI is InChI=1S/C24H35N3O3/c1-16(2)20-10-6-7-11-21(20)27-24(30)23(29)26-19-14-12-17(13-15-19)22(28)25-18-8-4-3-5-9-18/h12-16,18,20-21H,3-11H2,1-2H3,(H,25,28)(H,26,29)(H,27,30). The second-order valence-electron chi connectivity index (χ2n) is 9.11. The van der Waals surface area contributed by atoms with Crippen LogP contribution in [0.25, 0.3) is 0 Å². The number of anilines is 1. The summed E-state index contributed by atoms with van der Waals surface area (Å²) in [7, 11) is 0. The van der Waals surface area contributed by atoms with Crippen molar-refractivity contribution in [3.05, 3.63) is 29.8 Å². The SMILES string of the molecule is CC(C)C1CCCCC1NC(=O)C(=O)Nc1ccc(C(=O)NC2CCCCC2)cc1. The summed E-state index contributed by atoms with van der Waals surface area (Å²) in [4.78, 5) is 37.1. The van der Waals surface area contributed by atoms with Crippen LogP contribution in [0.5, 0.6) is 0 Å². The highest BCUT2D eigenvalue weighted by atomic mass is 16.2. The minimum Gasteiger partial charge on any atom is -0.349 e. The zero-order valence-corrected chi connectivity index (χ0v) is 18.2. The number of rotatable bonds is 5. The third-order valence-electron chi connectivity index (χ3n) is 6.54. The Morgan fingerprint density at radius 2 is 1.43 bits per heavy atom. The summed E-state index contributed by atoms with van der Waals surface area (Å²) in [6.45, 7) is 4.34. The molecule has 2 atom stereocenters. The topological polar surface area (TPSA) is 87.3 Å². The van der Waals surface area contributed by atoms with E-state index in [-0.39, 0.29) is 18.0 Å². The third kappa shape index (κ3) is 6.07. The summed E-state index contributed by atoms with van der Waals surface area (Å²) in [5.74, 6) is -0.452. The van der Waals surface area contributed by atoms with Gasteiger partial charge in [0.1, 0.15) is 0 Å². The molecule has 0 spiro atoms. The molecule has 164 valence electrons. The highest BCUT2D eigenvalue weighted by molar-refractivity contribution is 6.39. The van der Waals surface area contributed by atoms with Gasteiger partial charge in [-0.1, -0.05) is 46.0 Å². The number of carbonyl (C=O) groups is 3. The maximum absolute atomic E-state index is 12.4. The maximum atomic E-state index is 12.4. The molecule has 0 radical (unpaired) electrons. The zero-order chi connectivity index (χ0) is 21.5. The molecule has 6 heteroatoms. The Kier molecular flexibility index (Phi) is 7.88. The highest BCUT2D eigenvalue weighted by Crippen LogP contribution is 2.30. The molecular formula is C24H35N3O3. The molecule has 0 bridgehead atoms. The summed E-state index contributed by atoms with van der Waals surface area (Å²) >= 11 is 0. The number of nitrogens with one attached hydrogen (secondary N) is 3. The predicted molar refractivity (Wildman–Crippen MR) is 118 cm³/mol. The molecule has 0 heterocycles. The van der Waals surface area contributed by atoms with Crippen molar-refractivity contribution in [2.45, 2.75) is 83.7 Å². The maximum Gasteiger partial charge on any atom is 0.313 e. The van der Waals surface area contributed by atoms with Crippen LogP contribution in [-0.4, -0.2) is 29.8 Å². The fourth-order valence-electron chi connectivity index (χ4n) is 4.78. The summed E-state index contributed by atoms with van der Waals surface area (Å²) in [5.41, 5.74) is 1.07. The lowest BCUT2D eigenvalue weighted by atomic mass is 9.78. The van der Waals surface area contributed by atoms with Crippen LogP contribution >= 0.6 is 0 Å². The van der Waals surface area contributed by atoms with Crippen molar-refractivity contribution in [3.63, 3.8) is 0 Å². The van der Waals surface area contributed by atoms with E-state index < -0.39 is 11.8 Å². The monoisotopic (exact) mass is 413 g/mol. The summed E-state index contributed by atoms with van der Waals surface area (Å²) in [6, 6.07) is 7.01. The van der Waals surface area contributed by atoms with Gasteiger partial charge >= 0.3 is 11.8 Å². The van der Waals surface area contributed by atoms with Crippen LogP contribution in [0.15, 0.2) is 24.3 Å². The molecule has 2 aliphatic carbocycles. The van der Waals surface area contributed by atoms with E-state index >= 15 is 0 Å². The van der Waals surface area contributed by atoms with Crippen LogP contribution in [0.4, 0.5) is 5.69 Å². The van der Waals surface area contributed by atoms with E-state index in [1.807, 2.05) is 0 Å². The van der Waals surface area contributed by atoms with Crippen LogP contribution in [0, 0.1) is 11.8 Å². The van der Waals surface area contributed by atoms with Crippen LogP contribution in [0.3, 0.4) is 0 Å². The molecule has 3 amide bonds. The Hall–Kier alpha value is -2.37. The number of carbonyl (C=O) groups excluding carboxylic acids is 3. The summed E-state index contributed by atoms with van der Waals surface area (Å²) in [6.07, 6.45) is 9.92. The van der Waals surface area contributed by atoms with Gasteiger partial charge in [0.05, 0.1) is 0 Å². The molecule has 2 saturated carbocycles. The van der Waals surface area contributed by atoms with Gasteiger partial charge in [0.2, 0.25) is 0 Å². The van der Waals surface area contributed by atoms with Crippen molar-refractivity contribution in [1.82, 2.24) is 10.6 Å². The van der Waals surface area contributed by atoms with Crippen LogP contribution < -0.4 is 16.0 Å². The van der Waals surface area contributed by atoms with E-state index in [0.717, 1.165) is 44.9 Å². The lowest BCUT2D eigenvalue weighted by molar-refractivity contribution is -0.137. The molecule has 0 aromatic heterocycles. The average molecular weight is 414 g/mol. The number of hydrogen-bond donors (Lipinski definition) is 3. The van der Waals surface area contributed by atoms with Crippen molar-refractivity contribution in [3.8, 4) is 0 Å². The number of amides is 3. The molecule has 0 saturated heterocycles. The van der Waals surface area contributed by atoms with Gasteiger partial charge in [-0.2, -0.15) is 0 Å². The molecule has 30 heavy (non-hydrogen) atoms. The van der Waals surface area contributed by atoms with E-state index in [1.54, 1.807) is 24.3 Å². The van der Waals surface area contributed by atoms with Crippen molar-refractivity contribution in [2.75, 3.05) is 5.32 Å². The lowest BCUT2D eigenvalue weighted by Gasteiger charge is -2.34. The Balaban J connectivity index is 1.51. The molecule has 6 nitrogen and oxygen atoms in total. The van der Waals surface area contributed by atoms with Gasteiger partial charge in [0.15, 0.2) is 0 Å². The van der Waals surface area contributed by atoms with E-state index in [4.69, 9.17) is 0 Å². The highest BCUT2D eigenvalue weighted by Gasteiger charge is 2.30. The molecule has 3 rings (SSSR count). The van der Waals surface area contributed by atoms with Gasteiger partial charge in [-0.05, 0) is 61.8 Å². The van der Waals surface area contributed by atoms with E-state index in [1.165, 1.54) is 12.8 Å². The third-order valence-corrected chi connectivity index (χ3v) is 6.54. The van der Waals surface area contributed by atoms with Crippen molar-refractivity contribution >= 4 is 23.4 Å². The van der Waals surface area contributed by atoms with Crippen LogP contribution in [0.1, 0.15) is 82.0 Å². The first-order valence-corrected chi connectivity index (χ1v) is 11.5. The lowest BCUT2D eigenvalue weighted by Crippen LogP contribution is -2.47. The number of benzene rings is 1. The Labute approximate surface area is 179 Å². The van der Waals surface area contributed by atoms with Gasteiger partial charge in [-0.15, -0.1) is 0 Å². The van der Waals surface area contributed by atoms with Gasteiger partial charge in [0.25, 0.3) is 5.91 Å². The fraction of sp³-hybridized carbons (Fsp3) is 0.625. The zero-order valence-electron chi connectivity index (χ0n) is 18.2. The molecule has 2 unspecified atom stereocenters. The second kappa shape index (κ2) is 10.6. The average Bonchev–Trinajstić information content (AvgIpc) is 2.75. The van der Waals surface area contributed by atoms with Crippen LogP contribution in [0.2, 0.25) is 0 Å². The minimum absolute atomic E-state index is 0.0582. The largest absolute Gasteiger partial charge is 0.349 e. The molecular weight excluding hydrogens is 378 g/mol. The van der Waals surface area contributed by atoms with Crippen LogP contribution in [-0.2, 0) is 9.59 Å². The smallest absolute Gasteiger partial charge is 0.313 e. The fourth-order valence-corrected chi connectivity index (χ4v) is 4.78. The van der Waals surface area contributed by atoms with Gasteiger partial charge in [-0.25, -0.2) is 0 Å². The molecule has 2 fully saturated rings. The molecule has 1 aromatic rings. The first-order chi connectivity index (χ1) is 14.4. The van der Waals surface area contributed by atoms with Crippen molar-refractivity contribution in [2.24, 2.45) is 11.8 Å². The molecule has 3 N–H and O–H groups in total. The predicted octanol–water partition coefficient (Wildman–Crippen LogP) is 4.02. The Bertz CT molecular complexity index is 739. The minimum atomic E-state index is -0.664. The van der Waals surface area contributed by atoms with Gasteiger partial charge in [0, 0.05) is 23.3 Å². The van der Waals surface area contributed by atoms with Gasteiger partial charge in [-0.3, -0.25) is 14.4 Å². The first kappa shape index (κ1) is 22.3. The van der Waals surface area contributed by atoms with E-state index in [0.29, 0.717) is 23.1 Å². The quantitative estimate of drug-likeness (QED) is 0.637. The van der Waals surface area contributed by atoms with Crippen molar-refractivity contribution in [1.29, 1.82) is 0 Å². The normalized spacial score (nSPS) is 22.4. The Morgan fingerprint density at radius 3 is 2.10 bits per heavy atom. The summed E-state index contributed by atoms with van der Waals surface area (Å²) < 4.78 is 0. The molecule has 0 aliphatic heterocycles. The second-order valence-corrected chi connectivity index (χ2v) is 9.11. The van der Waals surface area contributed by atoms with E-state index in [2.05, 4.69) is 29.8 Å². The first-order valence-electron chi connectivity index (χ1n) is 11.5. The molecule has 1 aromatic carbocycles. The van der Waals surface area contributed by atoms with E-state index in [9.17, 15) is 14.4 Å². The summed E-state index contributed by atoms with van der Waals surface area (Å²) in [5, 5.41) is 8.65. The number of hydrogen-bond acceptors (Lipinski definition) is 3. The molecule has 2 aliphatic rings. The van der Waals surface area contributed by atoms with Gasteiger partial charge < -0.3 is 16.0 Å². The Morgan fingerprint density at radius 1 is 0.800 bits per heavy atom.